The maximum atomic E-state index is 4.40. The Morgan fingerprint density at radius 2 is 2.17 bits per heavy atom. The van der Waals surface area contributed by atoms with Gasteiger partial charge in [-0.05, 0) is 25.3 Å². The Morgan fingerprint density at radius 1 is 1.42 bits per heavy atom. The lowest BCUT2D eigenvalue weighted by molar-refractivity contribution is 0.639. The summed E-state index contributed by atoms with van der Waals surface area (Å²) in [6.45, 7) is 6.58. The van der Waals surface area contributed by atoms with Gasteiger partial charge in [0.1, 0.15) is 0 Å². The number of rotatable bonds is 2. The molecule has 0 bridgehead atoms. The highest BCUT2D eigenvalue weighted by Gasteiger charge is 2.00. The molecule has 0 saturated heterocycles. The van der Waals surface area contributed by atoms with Gasteiger partial charge < -0.3 is 0 Å². The van der Waals surface area contributed by atoms with Crippen LogP contribution in [0.1, 0.15) is 33.6 Å². The van der Waals surface area contributed by atoms with Gasteiger partial charge in [0.2, 0.25) is 0 Å². The molecule has 1 aliphatic rings. The van der Waals surface area contributed by atoms with Crippen molar-refractivity contribution in [2.75, 3.05) is 0 Å². The summed E-state index contributed by atoms with van der Waals surface area (Å²) in [6, 6.07) is 0. The second-order valence-corrected chi connectivity index (χ2v) is 3.78. The molecule has 0 unspecified atom stereocenters. The molecule has 0 radical (unpaired) electrons. The number of aliphatic imine (C=N–C) groups is 1. The number of hydrogen-bond donors (Lipinski definition) is 0. The minimum atomic E-state index is 0.695. The summed E-state index contributed by atoms with van der Waals surface area (Å²) >= 11 is 0. The number of nitrogens with zero attached hydrogens (tertiary/aromatic N) is 1. The van der Waals surface area contributed by atoms with E-state index in [9.17, 15) is 0 Å². The van der Waals surface area contributed by atoms with Crippen molar-refractivity contribution in [1.29, 1.82) is 0 Å². The van der Waals surface area contributed by atoms with E-state index in [1.54, 1.807) is 0 Å². The quantitative estimate of drug-likeness (QED) is 0.592. The van der Waals surface area contributed by atoms with Gasteiger partial charge >= 0.3 is 0 Å². The largest absolute Gasteiger partial charge is 0.265 e. The zero-order valence-corrected chi connectivity index (χ0v) is 8.17. The van der Waals surface area contributed by atoms with Gasteiger partial charge in [0.05, 0.1) is 0 Å². The third-order valence-corrected chi connectivity index (χ3v) is 1.85. The van der Waals surface area contributed by atoms with Crippen molar-refractivity contribution in [3.05, 3.63) is 23.4 Å². The minimum Gasteiger partial charge on any atom is -0.265 e. The molecule has 1 heterocycles. The first-order valence-electron chi connectivity index (χ1n) is 4.57. The van der Waals surface area contributed by atoms with E-state index in [0.29, 0.717) is 5.92 Å². The number of allylic oxidation sites excluding steroid dienone is 4. The first kappa shape index (κ1) is 9.24. The van der Waals surface area contributed by atoms with E-state index in [-0.39, 0.29) is 0 Å². The fourth-order valence-electron chi connectivity index (χ4n) is 1.20. The van der Waals surface area contributed by atoms with Crippen LogP contribution < -0.4 is 0 Å². The molecule has 66 valence electrons. The molecule has 0 aromatic heterocycles. The van der Waals surface area contributed by atoms with E-state index in [1.807, 2.05) is 6.21 Å². The summed E-state index contributed by atoms with van der Waals surface area (Å²) in [5.74, 6) is 0.695. The van der Waals surface area contributed by atoms with Gasteiger partial charge in [0, 0.05) is 18.3 Å². The van der Waals surface area contributed by atoms with Crippen molar-refractivity contribution in [3.63, 3.8) is 0 Å². The topological polar surface area (TPSA) is 12.4 Å². The molecule has 0 atom stereocenters. The Bertz CT molecular complexity index is 231. The maximum Gasteiger partial charge on any atom is 0.0402 e. The van der Waals surface area contributed by atoms with Crippen LogP contribution in [0.4, 0.5) is 0 Å². The molecule has 0 aromatic rings. The third-order valence-electron chi connectivity index (χ3n) is 1.85. The van der Waals surface area contributed by atoms with Crippen LogP contribution >= 0.6 is 0 Å². The Hall–Kier alpha value is -0.850. The van der Waals surface area contributed by atoms with Crippen molar-refractivity contribution in [3.8, 4) is 0 Å². The van der Waals surface area contributed by atoms with Crippen LogP contribution in [-0.2, 0) is 0 Å². The smallest absolute Gasteiger partial charge is 0.0402 e. The maximum absolute atomic E-state index is 4.40. The standard InChI is InChI=1S/C11H17N/c1-9(2)8-11-5-4-10(3)6-7-12-11/h4-5,7,9H,6,8H2,1-3H3. The molecule has 1 nitrogen and oxygen atoms in total. The second kappa shape index (κ2) is 4.24. The molecule has 0 N–H and O–H groups in total. The van der Waals surface area contributed by atoms with Gasteiger partial charge in [-0.3, -0.25) is 4.99 Å². The Labute approximate surface area is 74.9 Å². The van der Waals surface area contributed by atoms with E-state index in [1.165, 1.54) is 11.3 Å². The lowest BCUT2D eigenvalue weighted by Gasteiger charge is -2.02. The van der Waals surface area contributed by atoms with Crippen LogP contribution in [0, 0.1) is 5.92 Å². The van der Waals surface area contributed by atoms with Gasteiger partial charge in [-0.2, -0.15) is 0 Å². The van der Waals surface area contributed by atoms with Crippen LogP contribution in [0.3, 0.4) is 0 Å². The fraction of sp³-hybridized carbons (Fsp3) is 0.545. The molecule has 0 amide bonds. The summed E-state index contributed by atoms with van der Waals surface area (Å²) in [5, 5.41) is 0. The average Bonchev–Trinajstić information content (AvgIpc) is 2.15. The van der Waals surface area contributed by atoms with E-state index >= 15 is 0 Å². The van der Waals surface area contributed by atoms with E-state index in [0.717, 1.165) is 12.8 Å². The predicted octanol–water partition coefficient (Wildman–Crippen LogP) is 3.34. The van der Waals surface area contributed by atoms with Crippen LogP contribution in [0.2, 0.25) is 0 Å². The minimum absolute atomic E-state index is 0.695. The summed E-state index contributed by atoms with van der Waals surface area (Å²) in [7, 11) is 0. The first-order valence-corrected chi connectivity index (χ1v) is 4.57. The van der Waals surface area contributed by atoms with Gasteiger partial charge in [0.25, 0.3) is 0 Å². The molecule has 0 saturated carbocycles. The van der Waals surface area contributed by atoms with E-state index < -0.39 is 0 Å². The molecular weight excluding hydrogens is 146 g/mol. The van der Waals surface area contributed by atoms with Crippen LogP contribution in [-0.4, -0.2) is 6.21 Å². The van der Waals surface area contributed by atoms with Gasteiger partial charge in [-0.25, -0.2) is 0 Å². The second-order valence-electron chi connectivity index (χ2n) is 3.78. The molecule has 0 aromatic carbocycles. The lowest BCUT2D eigenvalue weighted by atomic mass is 10.1. The summed E-state index contributed by atoms with van der Waals surface area (Å²) in [5.41, 5.74) is 2.60. The molecular formula is C11H17N. The predicted molar refractivity (Wildman–Crippen MR) is 54.4 cm³/mol. The zero-order chi connectivity index (χ0) is 8.97. The number of hydrogen-bond acceptors (Lipinski definition) is 1. The molecule has 1 rings (SSSR count). The van der Waals surface area contributed by atoms with Gasteiger partial charge in [0.15, 0.2) is 0 Å². The SMILES string of the molecule is CC1=CC=C(CC(C)C)N=CC1. The highest BCUT2D eigenvalue weighted by Crippen LogP contribution is 2.15. The van der Waals surface area contributed by atoms with E-state index in [4.69, 9.17) is 0 Å². The van der Waals surface area contributed by atoms with Crippen molar-refractivity contribution in [1.82, 2.24) is 0 Å². The lowest BCUT2D eigenvalue weighted by Crippen LogP contribution is -1.88. The van der Waals surface area contributed by atoms with Crippen molar-refractivity contribution in [2.24, 2.45) is 10.9 Å². The van der Waals surface area contributed by atoms with Gasteiger partial charge in [-0.1, -0.05) is 25.5 Å². The molecule has 0 aliphatic carbocycles. The van der Waals surface area contributed by atoms with Crippen LogP contribution in [0.5, 0.6) is 0 Å². The normalized spacial score (nSPS) is 17.3. The summed E-state index contributed by atoms with van der Waals surface area (Å²) in [6.07, 6.45) is 8.40. The highest BCUT2D eigenvalue weighted by atomic mass is 14.7. The van der Waals surface area contributed by atoms with Crippen LogP contribution in [0.25, 0.3) is 0 Å². The summed E-state index contributed by atoms with van der Waals surface area (Å²) < 4.78 is 0. The Morgan fingerprint density at radius 3 is 2.83 bits per heavy atom. The monoisotopic (exact) mass is 163 g/mol. The Balaban J connectivity index is 2.64. The summed E-state index contributed by atoms with van der Waals surface area (Å²) in [4.78, 5) is 4.40. The zero-order valence-electron chi connectivity index (χ0n) is 8.17. The van der Waals surface area contributed by atoms with Crippen molar-refractivity contribution >= 4 is 6.21 Å². The molecule has 0 spiro atoms. The van der Waals surface area contributed by atoms with E-state index in [2.05, 4.69) is 37.9 Å². The fourth-order valence-corrected chi connectivity index (χ4v) is 1.20. The van der Waals surface area contributed by atoms with Crippen molar-refractivity contribution in [2.45, 2.75) is 33.6 Å². The average molecular weight is 163 g/mol. The van der Waals surface area contributed by atoms with Crippen LogP contribution in [0.15, 0.2) is 28.4 Å². The Kier molecular flexibility index (Phi) is 3.27. The highest BCUT2D eigenvalue weighted by molar-refractivity contribution is 5.63. The molecule has 0 fully saturated rings. The van der Waals surface area contributed by atoms with Gasteiger partial charge in [-0.15, -0.1) is 0 Å². The third kappa shape index (κ3) is 3.04. The first-order chi connectivity index (χ1) is 5.68. The molecule has 1 heteroatoms. The molecule has 12 heavy (non-hydrogen) atoms. The molecule has 1 aliphatic heterocycles. The van der Waals surface area contributed by atoms with Crippen molar-refractivity contribution < 1.29 is 0 Å².